The molecule has 0 aromatic heterocycles. The highest BCUT2D eigenvalue weighted by Crippen LogP contribution is 2.31. The van der Waals surface area contributed by atoms with Crippen molar-refractivity contribution in [3.05, 3.63) is 35.9 Å². The number of hydrogen-bond acceptors (Lipinski definition) is 4. The number of fused-ring (bicyclic) bond motifs is 1. The minimum Gasteiger partial charge on any atom is -0.496 e. The van der Waals surface area contributed by atoms with Gasteiger partial charge in [0.1, 0.15) is 18.1 Å². The van der Waals surface area contributed by atoms with Crippen molar-refractivity contribution in [2.24, 2.45) is 0 Å². The van der Waals surface area contributed by atoms with E-state index in [9.17, 15) is 9.59 Å². The van der Waals surface area contributed by atoms with Gasteiger partial charge in [0.25, 0.3) is 0 Å². The minimum absolute atomic E-state index is 0.0545. The zero-order chi connectivity index (χ0) is 15.5. The van der Waals surface area contributed by atoms with Crippen LogP contribution in [0.15, 0.2) is 30.3 Å². The van der Waals surface area contributed by atoms with Crippen LogP contribution in [-0.4, -0.2) is 32.0 Å². The maximum atomic E-state index is 11.2. The lowest BCUT2D eigenvalue weighted by atomic mass is 10.1. The van der Waals surface area contributed by atoms with Gasteiger partial charge in [0.05, 0.1) is 18.7 Å². The lowest BCUT2D eigenvalue weighted by Crippen LogP contribution is -2.30. The predicted octanol–water partition coefficient (Wildman–Crippen LogP) is 2.32. The van der Waals surface area contributed by atoms with Crippen LogP contribution in [0.1, 0.15) is 23.2 Å². The molecule has 5 nitrogen and oxygen atoms in total. The predicted molar refractivity (Wildman–Crippen MR) is 82.5 cm³/mol. The summed E-state index contributed by atoms with van der Waals surface area (Å²) in [6.07, 6.45) is 2.13. The molecule has 1 saturated heterocycles. The molecule has 0 radical (unpaired) electrons. The Morgan fingerprint density at radius 1 is 1.32 bits per heavy atom. The molecule has 1 amide bonds. The summed E-state index contributed by atoms with van der Waals surface area (Å²) < 4.78 is 11.1. The van der Waals surface area contributed by atoms with E-state index >= 15 is 0 Å². The monoisotopic (exact) mass is 299 g/mol. The number of carbonyl (C=O) groups is 2. The summed E-state index contributed by atoms with van der Waals surface area (Å²) >= 11 is 0. The number of carbonyl (C=O) groups excluding carboxylic acids is 2. The van der Waals surface area contributed by atoms with E-state index in [1.807, 2.05) is 24.3 Å². The third-order valence-corrected chi connectivity index (χ3v) is 3.84. The molecule has 1 aliphatic rings. The Morgan fingerprint density at radius 3 is 2.86 bits per heavy atom. The molecule has 114 valence electrons. The van der Waals surface area contributed by atoms with Gasteiger partial charge in [0.2, 0.25) is 5.91 Å². The second-order valence-corrected chi connectivity index (χ2v) is 5.30. The lowest BCUT2D eigenvalue weighted by Gasteiger charge is -2.14. The molecule has 1 fully saturated rings. The molecule has 0 spiro atoms. The van der Waals surface area contributed by atoms with E-state index in [2.05, 4.69) is 5.32 Å². The van der Waals surface area contributed by atoms with Crippen molar-refractivity contribution in [3.63, 3.8) is 0 Å². The van der Waals surface area contributed by atoms with Gasteiger partial charge in [0, 0.05) is 11.8 Å². The average Bonchev–Trinajstić information content (AvgIpc) is 2.96. The summed E-state index contributed by atoms with van der Waals surface area (Å²) in [7, 11) is 1.53. The molecule has 3 rings (SSSR count). The summed E-state index contributed by atoms with van der Waals surface area (Å²) in [5.74, 6) is 1.31. The first kappa shape index (κ1) is 14.4. The van der Waals surface area contributed by atoms with Gasteiger partial charge in [-0.1, -0.05) is 12.1 Å². The van der Waals surface area contributed by atoms with Gasteiger partial charge in [-0.3, -0.25) is 9.59 Å². The van der Waals surface area contributed by atoms with Gasteiger partial charge < -0.3 is 14.8 Å². The van der Waals surface area contributed by atoms with E-state index in [0.29, 0.717) is 24.3 Å². The van der Waals surface area contributed by atoms with Crippen molar-refractivity contribution in [1.82, 2.24) is 5.32 Å². The van der Waals surface area contributed by atoms with Gasteiger partial charge in [-0.15, -0.1) is 0 Å². The van der Waals surface area contributed by atoms with Crippen molar-refractivity contribution in [3.8, 4) is 11.5 Å². The summed E-state index contributed by atoms with van der Waals surface area (Å²) in [5.41, 5.74) is 0.509. The molecule has 1 unspecified atom stereocenters. The van der Waals surface area contributed by atoms with E-state index in [1.54, 1.807) is 6.07 Å². The molecule has 5 heteroatoms. The Balaban J connectivity index is 1.88. The number of nitrogens with one attached hydrogen (secondary N) is 1. The first-order valence-corrected chi connectivity index (χ1v) is 7.19. The molecule has 22 heavy (non-hydrogen) atoms. The topological polar surface area (TPSA) is 64.6 Å². The van der Waals surface area contributed by atoms with Gasteiger partial charge in [-0.05, 0) is 30.0 Å². The summed E-state index contributed by atoms with van der Waals surface area (Å²) in [5, 5.41) is 4.67. The van der Waals surface area contributed by atoms with Gasteiger partial charge in [0.15, 0.2) is 6.29 Å². The third-order valence-electron chi connectivity index (χ3n) is 3.84. The largest absolute Gasteiger partial charge is 0.496 e. The zero-order valence-corrected chi connectivity index (χ0v) is 12.3. The van der Waals surface area contributed by atoms with Crippen LogP contribution in [0.5, 0.6) is 11.5 Å². The number of aldehydes is 1. The highest BCUT2D eigenvalue weighted by molar-refractivity contribution is 5.95. The van der Waals surface area contributed by atoms with Crippen molar-refractivity contribution >= 4 is 23.0 Å². The molecule has 1 N–H and O–H groups in total. The van der Waals surface area contributed by atoms with Gasteiger partial charge in [-0.25, -0.2) is 0 Å². The average molecular weight is 299 g/mol. The smallest absolute Gasteiger partial charge is 0.220 e. The van der Waals surface area contributed by atoms with Gasteiger partial charge >= 0.3 is 0 Å². The fraction of sp³-hybridized carbons (Fsp3) is 0.294. The van der Waals surface area contributed by atoms with E-state index in [0.717, 1.165) is 29.2 Å². The van der Waals surface area contributed by atoms with Gasteiger partial charge in [-0.2, -0.15) is 0 Å². The Kier molecular flexibility index (Phi) is 3.96. The van der Waals surface area contributed by atoms with E-state index in [-0.39, 0.29) is 11.9 Å². The summed E-state index contributed by atoms with van der Waals surface area (Å²) in [4.78, 5) is 22.3. The number of methoxy groups -OCH3 is 1. The molecule has 0 bridgehead atoms. The Bertz CT molecular complexity index is 726. The first-order chi connectivity index (χ1) is 10.7. The SMILES string of the molecule is COc1cc2c(OCC3CCC(=O)N3)cccc2cc1C=O. The van der Waals surface area contributed by atoms with Crippen LogP contribution in [0.4, 0.5) is 0 Å². The number of hydrogen-bond donors (Lipinski definition) is 1. The second-order valence-electron chi connectivity index (χ2n) is 5.30. The van der Waals surface area contributed by atoms with E-state index in [1.165, 1.54) is 7.11 Å². The van der Waals surface area contributed by atoms with Crippen molar-refractivity contribution in [1.29, 1.82) is 0 Å². The first-order valence-electron chi connectivity index (χ1n) is 7.19. The Hall–Kier alpha value is -2.56. The number of amides is 1. The van der Waals surface area contributed by atoms with Crippen LogP contribution in [0.2, 0.25) is 0 Å². The highest BCUT2D eigenvalue weighted by Gasteiger charge is 2.21. The molecule has 0 saturated carbocycles. The molecule has 1 heterocycles. The third kappa shape index (κ3) is 2.74. The quantitative estimate of drug-likeness (QED) is 0.861. The molecule has 1 atom stereocenters. The summed E-state index contributed by atoms with van der Waals surface area (Å²) in [6, 6.07) is 9.32. The van der Waals surface area contributed by atoms with Crippen LogP contribution < -0.4 is 14.8 Å². The van der Waals surface area contributed by atoms with Crippen LogP contribution in [0.3, 0.4) is 0 Å². The molecule has 0 aliphatic carbocycles. The normalized spacial score (nSPS) is 17.3. The Labute approximate surface area is 128 Å². The molecule has 2 aromatic rings. The lowest BCUT2D eigenvalue weighted by molar-refractivity contribution is -0.119. The van der Waals surface area contributed by atoms with Crippen LogP contribution >= 0.6 is 0 Å². The Morgan fingerprint density at radius 2 is 2.18 bits per heavy atom. The maximum absolute atomic E-state index is 11.2. The molecule has 1 aliphatic heterocycles. The van der Waals surface area contributed by atoms with E-state index < -0.39 is 0 Å². The summed E-state index contributed by atoms with van der Waals surface area (Å²) in [6.45, 7) is 0.433. The number of benzene rings is 2. The van der Waals surface area contributed by atoms with Crippen LogP contribution in [0.25, 0.3) is 10.8 Å². The molecule has 2 aromatic carbocycles. The van der Waals surface area contributed by atoms with Crippen LogP contribution in [-0.2, 0) is 4.79 Å². The second kappa shape index (κ2) is 6.05. The maximum Gasteiger partial charge on any atom is 0.220 e. The highest BCUT2D eigenvalue weighted by atomic mass is 16.5. The zero-order valence-electron chi connectivity index (χ0n) is 12.3. The number of rotatable bonds is 5. The van der Waals surface area contributed by atoms with Crippen molar-refractivity contribution in [2.45, 2.75) is 18.9 Å². The standard InChI is InChI=1S/C17H17NO4/c1-21-16-8-14-11(7-12(16)9-19)3-2-4-15(14)22-10-13-5-6-17(20)18-13/h2-4,7-9,13H,5-6,10H2,1H3,(H,18,20). The van der Waals surface area contributed by atoms with Crippen LogP contribution in [0, 0.1) is 0 Å². The minimum atomic E-state index is 0.0545. The van der Waals surface area contributed by atoms with Crippen molar-refractivity contribution in [2.75, 3.05) is 13.7 Å². The van der Waals surface area contributed by atoms with E-state index in [4.69, 9.17) is 9.47 Å². The number of ether oxygens (including phenoxy) is 2. The molecular weight excluding hydrogens is 282 g/mol. The fourth-order valence-corrected chi connectivity index (χ4v) is 2.68. The fourth-order valence-electron chi connectivity index (χ4n) is 2.68. The molecular formula is C17H17NO4. The van der Waals surface area contributed by atoms with Crippen molar-refractivity contribution < 1.29 is 19.1 Å².